The fourth-order valence-corrected chi connectivity index (χ4v) is 5.99. The molecule has 0 saturated carbocycles. The van der Waals surface area contributed by atoms with Crippen molar-refractivity contribution in [3.05, 3.63) is 106 Å². The van der Waals surface area contributed by atoms with Crippen molar-refractivity contribution in [2.75, 3.05) is 19.6 Å². The van der Waals surface area contributed by atoms with E-state index in [1.54, 1.807) is 6.08 Å². The van der Waals surface area contributed by atoms with Crippen LogP contribution in [0.15, 0.2) is 83.8 Å². The van der Waals surface area contributed by atoms with E-state index in [-0.39, 0.29) is 4.91 Å². The molecule has 2 aliphatic rings. The highest BCUT2D eigenvalue weighted by Crippen LogP contribution is 2.33. The maximum Gasteiger partial charge on any atom is 0.323 e. The summed E-state index contributed by atoms with van der Waals surface area (Å²) in [6.07, 6.45) is 5.02. The van der Waals surface area contributed by atoms with Crippen LogP contribution in [0.25, 0.3) is 6.08 Å². The highest BCUT2D eigenvalue weighted by molar-refractivity contribution is 8.18. The van der Waals surface area contributed by atoms with Crippen molar-refractivity contribution in [1.29, 1.82) is 0 Å². The van der Waals surface area contributed by atoms with Crippen LogP contribution in [0.4, 0.5) is 4.79 Å². The number of carboxylic acid groups (broad SMARTS) is 1. The number of benzene rings is 3. The largest absolute Gasteiger partial charge is 0.489 e. The van der Waals surface area contributed by atoms with Crippen LogP contribution < -0.4 is 4.74 Å². The van der Waals surface area contributed by atoms with Gasteiger partial charge in [0.15, 0.2) is 0 Å². The fraction of sp³-hybridized carbons (Fsp3) is 0.281. The minimum absolute atomic E-state index is 0.219. The number of carboxylic acids is 1. The molecule has 2 fully saturated rings. The lowest BCUT2D eigenvalue weighted by Crippen LogP contribution is -2.34. The Labute approximate surface area is 238 Å². The van der Waals surface area contributed by atoms with Gasteiger partial charge in [0.25, 0.3) is 11.1 Å². The number of piperidine rings is 1. The van der Waals surface area contributed by atoms with Gasteiger partial charge in [-0.3, -0.25) is 24.2 Å². The molecule has 3 aromatic rings. The van der Waals surface area contributed by atoms with E-state index in [9.17, 15) is 14.4 Å². The summed E-state index contributed by atoms with van der Waals surface area (Å²) < 4.78 is 6.24. The van der Waals surface area contributed by atoms with E-state index in [1.807, 2.05) is 48.5 Å². The van der Waals surface area contributed by atoms with Crippen molar-refractivity contribution in [1.82, 2.24) is 9.80 Å². The number of thioether (sulfide) groups is 1. The molecule has 0 aliphatic carbocycles. The Balaban J connectivity index is 1.31. The van der Waals surface area contributed by atoms with Gasteiger partial charge in [-0.25, -0.2) is 0 Å². The molecule has 40 heavy (non-hydrogen) atoms. The molecular weight excluding hydrogens is 524 g/mol. The summed E-state index contributed by atoms with van der Waals surface area (Å²) >= 11 is 0.766. The molecule has 0 radical (unpaired) electrons. The Morgan fingerprint density at radius 2 is 1.62 bits per heavy atom. The molecule has 2 aliphatic heterocycles. The predicted molar refractivity (Wildman–Crippen MR) is 156 cm³/mol. The zero-order valence-corrected chi connectivity index (χ0v) is 23.0. The van der Waals surface area contributed by atoms with Crippen molar-refractivity contribution < 1.29 is 24.2 Å². The third kappa shape index (κ3) is 7.20. The lowest BCUT2D eigenvalue weighted by molar-refractivity contribution is -0.140. The van der Waals surface area contributed by atoms with Crippen molar-refractivity contribution >= 4 is 35.0 Å². The van der Waals surface area contributed by atoms with E-state index >= 15 is 0 Å². The minimum Gasteiger partial charge on any atom is -0.489 e. The second-order valence-electron chi connectivity index (χ2n) is 10.2. The molecule has 7 nitrogen and oxygen atoms in total. The third-order valence-electron chi connectivity index (χ3n) is 7.25. The predicted octanol–water partition coefficient (Wildman–Crippen LogP) is 5.84. The quantitative estimate of drug-likeness (QED) is 0.314. The van der Waals surface area contributed by atoms with Gasteiger partial charge in [-0.1, -0.05) is 66.7 Å². The highest BCUT2D eigenvalue weighted by atomic mass is 32.2. The van der Waals surface area contributed by atoms with Gasteiger partial charge in [-0.05, 0) is 84.9 Å². The topological polar surface area (TPSA) is 87.2 Å². The number of nitrogens with zero attached hydrogens (tertiary/aromatic N) is 2. The van der Waals surface area contributed by atoms with E-state index in [2.05, 4.69) is 35.2 Å². The van der Waals surface area contributed by atoms with Crippen LogP contribution in [-0.4, -0.2) is 51.7 Å². The summed E-state index contributed by atoms with van der Waals surface area (Å²) in [7, 11) is 0. The summed E-state index contributed by atoms with van der Waals surface area (Å²) in [6.45, 7) is 2.51. The third-order valence-corrected chi connectivity index (χ3v) is 8.16. The number of hydrogen-bond donors (Lipinski definition) is 1. The molecule has 3 aromatic carbocycles. The Morgan fingerprint density at radius 1 is 0.950 bits per heavy atom. The number of rotatable bonds is 10. The van der Waals surface area contributed by atoms with Gasteiger partial charge in [0.05, 0.1) is 4.91 Å². The van der Waals surface area contributed by atoms with E-state index in [0.29, 0.717) is 19.1 Å². The molecule has 5 rings (SSSR count). The summed E-state index contributed by atoms with van der Waals surface area (Å²) in [6, 6.07) is 26.4. The van der Waals surface area contributed by atoms with E-state index in [0.717, 1.165) is 71.5 Å². The summed E-state index contributed by atoms with van der Waals surface area (Å²) in [4.78, 5) is 39.4. The van der Waals surface area contributed by atoms with Crippen molar-refractivity contribution in [3.8, 4) is 5.75 Å². The fourth-order valence-electron chi connectivity index (χ4n) is 5.15. The first kappa shape index (κ1) is 27.7. The lowest BCUT2D eigenvalue weighted by atomic mass is 9.90. The maximum absolute atomic E-state index is 12.7. The number of amides is 2. The van der Waals surface area contributed by atoms with E-state index in [4.69, 9.17) is 9.84 Å². The van der Waals surface area contributed by atoms with Gasteiger partial charge >= 0.3 is 5.97 Å². The summed E-state index contributed by atoms with van der Waals surface area (Å²) in [5, 5.41) is 8.47. The van der Waals surface area contributed by atoms with Crippen molar-refractivity contribution in [2.45, 2.75) is 32.4 Å². The number of likely N-dealkylation sites (tertiary alicyclic amines) is 1. The van der Waals surface area contributed by atoms with Crippen LogP contribution in [0.2, 0.25) is 0 Å². The zero-order valence-electron chi connectivity index (χ0n) is 22.2. The summed E-state index contributed by atoms with van der Waals surface area (Å²) in [5.74, 6) is -0.353. The molecule has 0 aromatic heterocycles. The maximum atomic E-state index is 12.7. The van der Waals surface area contributed by atoms with Crippen molar-refractivity contribution in [2.24, 2.45) is 5.92 Å². The van der Waals surface area contributed by atoms with Gasteiger partial charge in [-0.15, -0.1) is 0 Å². The molecule has 2 saturated heterocycles. The van der Waals surface area contributed by atoms with Crippen LogP contribution in [0.5, 0.6) is 5.75 Å². The van der Waals surface area contributed by atoms with Crippen molar-refractivity contribution in [3.63, 3.8) is 0 Å². The number of carbonyl (C=O) groups is 3. The monoisotopic (exact) mass is 556 g/mol. The number of hydrogen-bond acceptors (Lipinski definition) is 6. The number of ether oxygens (including phenoxy) is 1. The number of aliphatic carboxylic acids is 1. The van der Waals surface area contributed by atoms with Crippen LogP contribution in [0.1, 0.15) is 35.1 Å². The molecule has 0 atom stereocenters. The second-order valence-corrected chi connectivity index (χ2v) is 11.2. The number of carbonyl (C=O) groups excluding carboxylic acids is 2. The van der Waals surface area contributed by atoms with Gasteiger partial charge < -0.3 is 9.84 Å². The molecule has 0 bridgehead atoms. The Bertz CT molecular complexity index is 1380. The molecule has 2 heterocycles. The van der Waals surface area contributed by atoms with E-state index < -0.39 is 23.7 Å². The van der Waals surface area contributed by atoms with Crippen LogP contribution in [0.3, 0.4) is 0 Å². The lowest BCUT2D eigenvalue weighted by Gasteiger charge is -2.32. The average Bonchev–Trinajstić information content (AvgIpc) is 3.21. The zero-order chi connectivity index (χ0) is 27.9. The SMILES string of the molecule is O=C(O)CN1C(=O)S/C(=C\c2ccc(OCc3ccccc3)c(CN3CCC(Cc4ccccc4)CC3)c2)C1=O. The van der Waals surface area contributed by atoms with Gasteiger partial charge in [-0.2, -0.15) is 0 Å². The highest BCUT2D eigenvalue weighted by Gasteiger charge is 2.36. The molecule has 1 N–H and O–H groups in total. The molecule has 206 valence electrons. The first-order valence-electron chi connectivity index (χ1n) is 13.5. The first-order valence-corrected chi connectivity index (χ1v) is 14.3. The molecular formula is C32H32N2O5S. The second kappa shape index (κ2) is 13.0. The molecule has 8 heteroatoms. The standard InChI is InChI=1S/C32H32N2O5S/c35-30(36)21-34-31(37)29(40-32(34)38)19-26-11-12-28(39-22-25-9-5-2-6-10-25)27(18-26)20-33-15-13-24(14-16-33)17-23-7-3-1-4-8-23/h1-12,18-19,24H,13-17,20-22H2,(H,35,36)/b29-19-. The van der Waals surface area contributed by atoms with Gasteiger partial charge in [0, 0.05) is 12.1 Å². The Hall–Kier alpha value is -3.88. The normalized spacial score (nSPS) is 17.5. The van der Waals surface area contributed by atoms with Crippen LogP contribution in [-0.2, 0) is 29.2 Å². The summed E-state index contributed by atoms with van der Waals surface area (Å²) in [5.41, 5.74) is 4.24. The van der Waals surface area contributed by atoms with E-state index in [1.165, 1.54) is 5.56 Å². The van der Waals surface area contributed by atoms with Gasteiger partial charge in [0.1, 0.15) is 18.9 Å². The molecule has 2 amide bonds. The van der Waals surface area contributed by atoms with Gasteiger partial charge in [0.2, 0.25) is 0 Å². The first-order chi connectivity index (χ1) is 19.4. The Kier molecular flexibility index (Phi) is 8.98. The molecule has 0 unspecified atom stereocenters. The molecule has 0 spiro atoms. The average molecular weight is 557 g/mol. The Morgan fingerprint density at radius 3 is 2.30 bits per heavy atom. The van der Waals surface area contributed by atoms with Crippen LogP contribution in [0, 0.1) is 5.92 Å². The van der Waals surface area contributed by atoms with Crippen LogP contribution >= 0.6 is 11.8 Å². The minimum atomic E-state index is -1.22. The smallest absolute Gasteiger partial charge is 0.323 e. The number of imide groups is 1.